The minimum Gasteiger partial charge on any atom is -0.477 e. The van der Waals surface area contributed by atoms with Crippen LogP contribution in [0.5, 0.6) is 0 Å². The van der Waals surface area contributed by atoms with Crippen LogP contribution < -0.4 is 10.6 Å². The van der Waals surface area contributed by atoms with E-state index >= 15 is 0 Å². The molecule has 3 aromatic rings. The third-order valence-electron chi connectivity index (χ3n) is 4.33. The number of benzene rings is 2. The lowest BCUT2D eigenvalue weighted by Gasteiger charge is -2.24. The summed E-state index contributed by atoms with van der Waals surface area (Å²) in [6, 6.07) is 16.1. The second-order valence-electron chi connectivity index (χ2n) is 6.18. The van der Waals surface area contributed by atoms with Gasteiger partial charge in [-0.15, -0.1) is 0 Å². The molecule has 140 valence electrons. The fraction of sp³-hybridized carbons (Fsp3) is 0.0500. The minimum absolute atomic E-state index is 0.00765. The molecule has 2 aromatic carbocycles. The highest BCUT2D eigenvalue weighted by atomic mass is 79.9. The van der Waals surface area contributed by atoms with E-state index in [4.69, 9.17) is 0 Å². The molecule has 2 heterocycles. The highest BCUT2D eigenvalue weighted by molar-refractivity contribution is 9.10. The third-order valence-corrected chi connectivity index (χ3v) is 4.83. The molecule has 3 N–H and O–H groups in total. The van der Waals surface area contributed by atoms with Crippen LogP contribution in [-0.4, -0.2) is 26.8 Å². The van der Waals surface area contributed by atoms with E-state index in [0.717, 1.165) is 10.0 Å². The monoisotopic (exact) mass is 438 g/mol. The maximum atomic E-state index is 12.7. The number of carboxylic acid groups (broad SMARTS) is 1. The lowest BCUT2D eigenvalue weighted by Crippen LogP contribution is -2.25. The fourth-order valence-electron chi connectivity index (χ4n) is 3.03. The fourth-order valence-corrected chi connectivity index (χ4v) is 3.45. The minimum atomic E-state index is -1.11. The quantitative estimate of drug-likeness (QED) is 0.574. The number of halogens is 1. The average Bonchev–Trinajstić information content (AvgIpc) is 3.12. The molecule has 1 aliphatic rings. The number of rotatable bonds is 4. The molecule has 0 saturated carbocycles. The van der Waals surface area contributed by atoms with Crippen LogP contribution in [0.4, 0.5) is 11.5 Å². The summed E-state index contributed by atoms with van der Waals surface area (Å²) in [5.41, 5.74) is 1.73. The van der Waals surface area contributed by atoms with E-state index in [2.05, 4.69) is 31.7 Å². The maximum absolute atomic E-state index is 12.7. The highest BCUT2D eigenvalue weighted by Crippen LogP contribution is 2.33. The first kappa shape index (κ1) is 18.0. The van der Waals surface area contributed by atoms with Crippen molar-refractivity contribution in [2.45, 2.75) is 6.04 Å². The number of aliphatic carboxylic acids is 1. The number of nitrogens with one attached hydrogen (secondary N) is 2. The van der Waals surface area contributed by atoms with Gasteiger partial charge in [-0.25, -0.2) is 9.48 Å². The highest BCUT2D eigenvalue weighted by Gasteiger charge is 2.29. The van der Waals surface area contributed by atoms with Gasteiger partial charge in [0.1, 0.15) is 17.1 Å². The summed E-state index contributed by atoms with van der Waals surface area (Å²) in [4.78, 5) is 24.4. The Morgan fingerprint density at radius 3 is 2.64 bits per heavy atom. The Hall–Kier alpha value is -3.39. The SMILES string of the molecule is O=C(O)C1=C[C@H](c2cccc(Br)c2)n2ncc(C(=O)Nc3ccccc3)c2N1. The van der Waals surface area contributed by atoms with E-state index in [9.17, 15) is 14.7 Å². The number of allylic oxidation sites excluding steroid dienone is 1. The zero-order valence-electron chi connectivity index (χ0n) is 14.5. The Kier molecular flexibility index (Phi) is 4.70. The number of carbonyl (C=O) groups is 2. The smallest absolute Gasteiger partial charge is 0.352 e. The van der Waals surface area contributed by atoms with Crippen LogP contribution in [0.25, 0.3) is 0 Å². The molecule has 1 amide bonds. The van der Waals surface area contributed by atoms with E-state index in [1.54, 1.807) is 22.9 Å². The molecule has 0 aliphatic carbocycles. The van der Waals surface area contributed by atoms with Crippen molar-refractivity contribution in [3.05, 3.63) is 88.2 Å². The van der Waals surface area contributed by atoms with Gasteiger partial charge in [-0.1, -0.05) is 46.3 Å². The Bertz CT molecular complexity index is 1090. The van der Waals surface area contributed by atoms with Crippen LogP contribution >= 0.6 is 15.9 Å². The zero-order valence-corrected chi connectivity index (χ0v) is 16.1. The molecule has 0 fully saturated rings. The Balaban J connectivity index is 1.74. The van der Waals surface area contributed by atoms with E-state index in [1.165, 1.54) is 6.20 Å². The number of nitrogens with zero attached hydrogens (tertiary/aromatic N) is 2. The van der Waals surface area contributed by atoms with Crippen molar-refractivity contribution in [3.8, 4) is 0 Å². The van der Waals surface area contributed by atoms with Crippen molar-refractivity contribution in [1.82, 2.24) is 9.78 Å². The standard InChI is InChI=1S/C20H15BrN4O3/c21-13-6-4-5-12(9-13)17-10-16(20(27)28)24-18-15(11-22-25(17)18)19(26)23-14-7-2-1-3-8-14/h1-11,17,24H,(H,23,26)(H,27,28)/t17-/m1/s1. The summed E-state index contributed by atoms with van der Waals surface area (Å²) in [7, 11) is 0. The van der Waals surface area contributed by atoms with Crippen molar-refractivity contribution < 1.29 is 14.7 Å². The zero-order chi connectivity index (χ0) is 19.7. The van der Waals surface area contributed by atoms with E-state index in [-0.39, 0.29) is 17.2 Å². The van der Waals surface area contributed by atoms with Crippen LogP contribution in [0.15, 0.2) is 77.0 Å². The van der Waals surface area contributed by atoms with Gasteiger partial charge in [-0.3, -0.25) is 4.79 Å². The number of carbonyl (C=O) groups excluding carboxylic acids is 1. The first-order valence-electron chi connectivity index (χ1n) is 8.44. The van der Waals surface area contributed by atoms with Gasteiger partial charge in [0, 0.05) is 10.2 Å². The number of hydrogen-bond acceptors (Lipinski definition) is 4. The van der Waals surface area contributed by atoms with Crippen molar-refractivity contribution in [1.29, 1.82) is 0 Å². The summed E-state index contributed by atoms with van der Waals surface area (Å²) in [5.74, 6) is -1.15. The summed E-state index contributed by atoms with van der Waals surface area (Å²) in [6.07, 6.45) is 3.01. The second-order valence-corrected chi connectivity index (χ2v) is 7.10. The summed E-state index contributed by atoms with van der Waals surface area (Å²) < 4.78 is 2.47. The van der Waals surface area contributed by atoms with E-state index < -0.39 is 12.0 Å². The predicted octanol–water partition coefficient (Wildman–Crippen LogP) is 3.88. The Morgan fingerprint density at radius 2 is 1.93 bits per heavy atom. The van der Waals surface area contributed by atoms with Gasteiger partial charge >= 0.3 is 5.97 Å². The molecule has 1 aromatic heterocycles. The van der Waals surface area contributed by atoms with Crippen LogP contribution in [0, 0.1) is 0 Å². The van der Waals surface area contributed by atoms with Gasteiger partial charge in [-0.2, -0.15) is 5.10 Å². The van der Waals surface area contributed by atoms with Gasteiger partial charge in [0.25, 0.3) is 5.91 Å². The number of hydrogen-bond donors (Lipinski definition) is 3. The second kappa shape index (κ2) is 7.32. The molecule has 0 radical (unpaired) electrons. The molecule has 0 spiro atoms. The van der Waals surface area contributed by atoms with Gasteiger partial charge in [0.15, 0.2) is 0 Å². The first-order chi connectivity index (χ1) is 13.5. The van der Waals surface area contributed by atoms with Gasteiger partial charge in [-0.05, 0) is 35.9 Å². The summed E-state index contributed by atoms with van der Waals surface area (Å²) in [6.45, 7) is 0. The van der Waals surface area contributed by atoms with E-state index in [0.29, 0.717) is 11.5 Å². The van der Waals surface area contributed by atoms with Crippen molar-refractivity contribution in [2.24, 2.45) is 0 Å². The van der Waals surface area contributed by atoms with Crippen LogP contribution in [0.3, 0.4) is 0 Å². The lowest BCUT2D eigenvalue weighted by atomic mass is 10.0. The molecule has 7 nitrogen and oxygen atoms in total. The van der Waals surface area contributed by atoms with E-state index in [1.807, 2.05) is 42.5 Å². The number of carboxylic acids is 1. The molecule has 28 heavy (non-hydrogen) atoms. The normalized spacial score (nSPS) is 15.2. The largest absolute Gasteiger partial charge is 0.477 e. The number of aromatic nitrogens is 2. The maximum Gasteiger partial charge on any atom is 0.352 e. The molecule has 0 bridgehead atoms. The first-order valence-corrected chi connectivity index (χ1v) is 9.24. The number of fused-ring (bicyclic) bond motifs is 1. The van der Waals surface area contributed by atoms with Crippen molar-refractivity contribution >= 4 is 39.3 Å². The van der Waals surface area contributed by atoms with Gasteiger partial charge in [0.05, 0.1) is 12.2 Å². The number of anilines is 2. The molecule has 4 rings (SSSR count). The third kappa shape index (κ3) is 3.41. The molecule has 1 aliphatic heterocycles. The summed E-state index contributed by atoms with van der Waals surface area (Å²) >= 11 is 3.43. The van der Waals surface area contributed by atoms with Crippen LogP contribution in [-0.2, 0) is 4.79 Å². The van der Waals surface area contributed by atoms with Crippen LogP contribution in [0.1, 0.15) is 22.0 Å². The predicted molar refractivity (Wildman–Crippen MR) is 108 cm³/mol. The van der Waals surface area contributed by atoms with Gasteiger partial charge < -0.3 is 15.7 Å². The van der Waals surface area contributed by atoms with Crippen molar-refractivity contribution in [2.75, 3.05) is 10.6 Å². The van der Waals surface area contributed by atoms with Gasteiger partial charge in [0.2, 0.25) is 0 Å². The molecule has 8 heteroatoms. The molecule has 0 unspecified atom stereocenters. The lowest BCUT2D eigenvalue weighted by molar-refractivity contribution is -0.132. The Labute approximate surface area is 168 Å². The molecular formula is C20H15BrN4O3. The number of para-hydroxylation sites is 1. The average molecular weight is 439 g/mol. The van der Waals surface area contributed by atoms with Crippen molar-refractivity contribution in [3.63, 3.8) is 0 Å². The van der Waals surface area contributed by atoms with Crippen LogP contribution in [0.2, 0.25) is 0 Å². The molecule has 0 saturated heterocycles. The molecule has 1 atom stereocenters. The molecular weight excluding hydrogens is 424 g/mol. The number of amides is 1. The summed E-state index contributed by atoms with van der Waals surface area (Å²) in [5, 5.41) is 19.5. The topological polar surface area (TPSA) is 96.2 Å². The Morgan fingerprint density at radius 1 is 1.14 bits per heavy atom.